The van der Waals surface area contributed by atoms with Gasteiger partial charge in [0.15, 0.2) is 0 Å². The van der Waals surface area contributed by atoms with Crippen LogP contribution in [-0.2, 0) is 9.59 Å². The average molecular weight is 239 g/mol. The maximum absolute atomic E-state index is 12.3. The Kier molecular flexibility index (Phi) is 2.92. The van der Waals surface area contributed by atoms with E-state index in [-0.39, 0.29) is 17.2 Å². The van der Waals surface area contributed by atoms with Crippen LogP contribution in [0.1, 0.15) is 33.6 Å². The normalized spacial score (nSPS) is 34.8. The van der Waals surface area contributed by atoms with Gasteiger partial charge in [0.25, 0.3) is 0 Å². The highest BCUT2D eigenvalue weighted by Gasteiger charge is 2.66. The van der Waals surface area contributed by atoms with Crippen molar-refractivity contribution in [2.24, 2.45) is 23.2 Å². The van der Waals surface area contributed by atoms with E-state index in [1.54, 1.807) is 0 Å². The molecule has 1 aliphatic carbocycles. The van der Waals surface area contributed by atoms with Crippen molar-refractivity contribution in [3.05, 3.63) is 0 Å². The maximum Gasteiger partial charge on any atom is 0.307 e. The fraction of sp³-hybridized carbons (Fsp3) is 0.846. The predicted octanol–water partition coefficient (Wildman–Crippen LogP) is 1.60. The molecule has 3 atom stereocenters. The molecule has 1 amide bonds. The van der Waals surface area contributed by atoms with Gasteiger partial charge in [-0.2, -0.15) is 0 Å². The van der Waals surface area contributed by atoms with Gasteiger partial charge in [0.1, 0.15) is 0 Å². The summed E-state index contributed by atoms with van der Waals surface area (Å²) in [6, 6.07) is 0. The van der Waals surface area contributed by atoms with Crippen LogP contribution in [0.3, 0.4) is 0 Å². The number of rotatable bonds is 3. The molecule has 1 aliphatic heterocycles. The first-order valence-electron chi connectivity index (χ1n) is 6.41. The lowest BCUT2D eigenvalue weighted by molar-refractivity contribution is -0.141. The van der Waals surface area contributed by atoms with E-state index < -0.39 is 11.9 Å². The van der Waals surface area contributed by atoms with Gasteiger partial charge >= 0.3 is 5.97 Å². The number of hydrogen-bond donors (Lipinski definition) is 1. The molecule has 0 aromatic carbocycles. The minimum absolute atomic E-state index is 0.0540. The molecule has 1 saturated carbocycles. The molecule has 0 aromatic heterocycles. The van der Waals surface area contributed by atoms with Crippen molar-refractivity contribution >= 4 is 11.9 Å². The Morgan fingerprint density at radius 2 is 2.00 bits per heavy atom. The van der Waals surface area contributed by atoms with E-state index in [1.165, 1.54) is 0 Å². The Labute approximate surface area is 102 Å². The van der Waals surface area contributed by atoms with E-state index >= 15 is 0 Å². The first-order chi connectivity index (χ1) is 7.89. The van der Waals surface area contributed by atoms with Gasteiger partial charge in [-0.25, -0.2) is 0 Å². The summed E-state index contributed by atoms with van der Waals surface area (Å²) in [5.74, 6) is -0.978. The minimum atomic E-state index is -0.834. The first-order valence-corrected chi connectivity index (χ1v) is 6.41. The summed E-state index contributed by atoms with van der Waals surface area (Å²) in [4.78, 5) is 25.2. The molecular formula is C13H21NO3. The largest absolute Gasteiger partial charge is 0.481 e. The van der Waals surface area contributed by atoms with Crippen LogP contribution in [0, 0.1) is 23.2 Å². The Hall–Kier alpha value is -1.06. The predicted molar refractivity (Wildman–Crippen MR) is 63.4 cm³/mol. The zero-order chi connectivity index (χ0) is 12.8. The number of carbonyl (C=O) groups is 2. The van der Waals surface area contributed by atoms with Crippen LogP contribution in [-0.4, -0.2) is 35.0 Å². The van der Waals surface area contributed by atoms with Gasteiger partial charge in [-0.1, -0.05) is 27.2 Å². The fourth-order valence-electron chi connectivity index (χ4n) is 3.12. The molecule has 17 heavy (non-hydrogen) atoms. The fourth-order valence-corrected chi connectivity index (χ4v) is 3.12. The summed E-state index contributed by atoms with van der Waals surface area (Å²) in [6.07, 6.45) is 2.16. The molecule has 96 valence electrons. The zero-order valence-electron chi connectivity index (χ0n) is 10.8. The molecule has 2 aliphatic rings. The third kappa shape index (κ3) is 1.94. The van der Waals surface area contributed by atoms with Crippen molar-refractivity contribution < 1.29 is 14.7 Å². The zero-order valence-corrected chi connectivity index (χ0v) is 10.8. The Morgan fingerprint density at radius 1 is 1.35 bits per heavy atom. The van der Waals surface area contributed by atoms with E-state index in [9.17, 15) is 9.59 Å². The molecular weight excluding hydrogens is 218 g/mol. The summed E-state index contributed by atoms with van der Waals surface area (Å²) in [5.41, 5.74) is -0.368. The maximum atomic E-state index is 12.3. The molecule has 3 unspecified atom stereocenters. The van der Waals surface area contributed by atoms with Gasteiger partial charge in [-0.3, -0.25) is 9.59 Å². The Bertz CT molecular complexity index is 351. The second kappa shape index (κ2) is 4.00. The van der Waals surface area contributed by atoms with Crippen LogP contribution >= 0.6 is 0 Å². The number of hydrogen-bond acceptors (Lipinski definition) is 2. The summed E-state index contributed by atoms with van der Waals surface area (Å²) in [7, 11) is 0. The summed E-state index contributed by atoms with van der Waals surface area (Å²) >= 11 is 0. The average Bonchev–Trinajstić information content (AvgIpc) is 2.63. The van der Waals surface area contributed by atoms with Gasteiger partial charge in [-0.15, -0.1) is 0 Å². The standard InChI is InChI=1S/C13H21NO3/c1-4-8-5-6-14(7-8)11(15)9-10(12(16)17)13(9,2)3/h8-10H,4-7H2,1-3H3,(H,16,17). The van der Waals surface area contributed by atoms with E-state index in [1.807, 2.05) is 18.7 Å². The molecule has 2 rings (SSSR count). The number of carbonyl (C=O) groups excluding carboxylic acids is 1. The number of carboxylic acid groups (broad SMARTS) is 1. The van der Waals surface area contributed by atoms with E-state index in [0.29, 0.717) is 5.92 Å². The van der Waals surface area contributed by atoms with E-state index in [0.717, 1.165) is 25.9 Å². The van der Waals surface area contributed by atoms with Crippen molar-refractivity contribution in [2.45, 2.75) is 33.6 Å². The van der Waals surface area contributed by atoms with E-state index in [2.05, 4.69) is 6.92 Å². The lowest BCUT2D eigenvalue weighted by Gasteiger charge is -2.17. The van der Waals surface area contributed by atoms with Gasteiger partial charge in [-0.05, 0) is 17.8 Å². The van der Waals surface area contributed by atoms with Crippen LogP contribution in [0.2, 0.25) is 0 Å². The van der Waals surface area contributed by atoms with Crippen LogP contribution in [0.4, 0.5) is 0 Å². The topological polar surface area (TPSA) is 57.6 Å². The second-order valence-corrected chi connectivity index (χ2v) is 5.96. The molecule has 1 saturated heterocycles. The van der Waals surface area contributed by atoms with Gasteiger partial charge in [0.05, 0.1) is 11.8 Å². The second-order valence-electron chi connectivity index (χ2n) is 5.96. The van der Waals surface area contributed by atoms with Crippen molar-refractivity contribution in [3.8, 4) is 0 Å². The third-order valence-corrected chi connectivity index (χ3v) is 4.53. The van der Waals surface area contributed by atoms with E-state index in [4.69, 9.17) is 5.11 Å². The first kappa shape index (κ1) is 12.4. The molecule has 1 heterocycles. The van der Waals surface area contributed by atoms with Gasteiger partial charge in [0.2, 0.25) is 5.91 Å². The summed E-state index contributed by atoms with van der Waals surface area (Å²) in [5, 5.41) is 9.08. The number of carboxylic acids is 1. The van der Waals surface area contributed by atoms with Crippen molar-refractivity contribution in [1.29, 1.82) is 0 Å². The third-order valence-electron chi connectivity index (χ3n) is 4.53. The van der Waals surface area contributed by atoms with Crippen molar-refractivity contribution in [2.75, 3.05) is 13.1 Å². The number of aliphatic carboxylic acids is 1. The molecule has 4 nitrogen and oxygen atoms in total. The molecule has 0 aromatic rings. The number of likely N-dealkylation sites (tertiary alicyclic amines) is 1. The minimum Gasteiger partial charge on any atom is -0.481 e. The SMILES string of the molecule is CCC1CCN(C(=O)C2C(C(=O)O)C2(C)C)C1. The number of amides is 1. The number of nitrogens with zero attached hydrogens (tertiary/aromatic N) is 1. The molecule has 2 fully saturated rings. The summed E-state index contributed by atoms with van der Waals surface area (Å²) < 4.78 is 0. The van der Waals surface area contributed by atoms with Gasteiger partial charge < -0.3 is 10.0 Å². The van der Waals surface area contributed by atoms with Crippen molar-refractivity contribution in [1.82, 2.24) is 4.90 Å². The quantitative estimate of drug-likeness (QED) is 0.814. The monoisotopic (exact) mass is 239 g/mol. The van der Waals surface area contributed by atoms with Crippen molar-refractivity contribution in [3.63, 3.8) is 0 Å². The van der Waals surface area contributed by atoms with Crippen LogP contribution < -0.4 is 0 Å². The molecule has 0 spiro atoms. The Morgan fingerprint density at radius 3 is 2.41 bits per heavy atom. The lowest BCUT2D eigenvalue weighted by Crippen LogP contribution is -2.31. The molecule has 1 N–H and O–H groups in total. The highest BCUT2D eigenvalue weighted by molar-refractivity contribution is 5.91. The summed E-state index contributed by atoms with van der Waals surface area (Å²) in [6.45, 7) is 7.51. The lowest BCUT2D eigenvalue weighted by atomic mass is 10.1. The smallest absolute Gasteiger partial charge is 0.307 e. The highest BCUT2D eigenvalue weighted by Crippen LogP contribution is 2.59. The molecule has 0 bridgehead atoms. The van der Waals surface area contributed by atoms with Crippen LogP contribution in [0.5, 0.6) is 0 Å². The van der Waals surface area contributed by atoms with Crippen LogP contribution in [0.25, 0.3) is 0 Å². The molecule has 4 heteroatoms. The highest BCUT2D eigenvalue weighted by atomic mass is 16.4. The molecule has 0 radical (unpaired) electrons. The van der Waals surface area contributed by atoms with Gasteiger partial charge in [0, 0.05) is 13.1 Å². The van der Waals surface area contributed by atoms with Crippen LogP contribution in [0.15, 0.2) is 0 Å². The Balaban J connectivity index is 2.01.